The van der Waals surface area contributed by atoms with Gasteiger partial charge in [-0.25, -0.2) is 0 Å². The minimum absolute atomic E-state index is 0. The zero-order chi connectivity index (χ0) is 12.0. The first-order valence-corrected chi connectivity index (χ1v) is 6.65. The van der Waals surface area contributed by atoms with Gasteiger partial charge >= 0.3 is 0 Å². The molecule has 1 unspecified atom stereocenters. The van der Waals surface area contributed by atoms with Crippen LogP contribution >= 0.6 is 24.2 Å². The molecule has 0 fully saturated rings. The quantitative estimate of drug-likeness (QED) is 0.864. The summed E-state index contributed by atoms with van der Waals surface area (Å²) in [5.74, 6) is 0.900. The van der Waals surface area contributed by atoms with Gasteiger partial charge in [-0.2, -0.15) is 11.8 Å². The van der Waals surface area contributed by atoms with Crippen LogP contribution in [-0.4, -0.2) is 24.0 Å². The lowest BCUT2D eigenvalue weighted by molar-refractivity contribution is 0.0944. The van der Waals surface area contributed by atoms with E-state index in [0.29, 0.717) is 12.1 Å². The molecule has 1 amide bonds. The fourth-order valence-electron chi connectivity index (χ4n) is 1.39. The van der Waals surface area contributed by atoms with Crippen LogP contribution in [0.2, 0.25) is 0 Å². The second kappa shape index (κ2) is 8.39. The van der Waals surface area contributed by atoms with Gasteiger partial charge in [0.2, 0.25) is 0 Å². The molecule has 1 atom stereocenters. The number of halogens is 1. The lowest BCUT2D eigenvalue weighted by Crippen LogP contribution is -2.34. The van der Waals surface area contributed by atoms with Gasteiger partial charge in [-0.3, -0.25) is 4.79 Å². The number of hydrogen-bond donors (Lipinski definition) is 2. The molecule has 3 nitrogen and oxygen atoms in total. The topological polar surface area (TPSA) is 55.1 Å². The first-order chi connectivity index (χ1) is 7.67. The third-order valence-corrected chi connectivity index (χ3v) is 3.08. The van der Waals surface area contributed by atoms with Crippen molar-refractivity contribution < 1.29 is 4.79 Å². The van der Waals surface area contributed by atoms with Gasteiger partial charge in [0.05, 0.1) is 0 Å². The average Bonchev–Trinajstić information content (AvgIpc) is 2.29. The minimum Gasteiger partial charge on any atom is -0.349 e. The highest BCUT2D eigenvalue weighted by Crippen LogP contribution is 2.05. The molecule has 0 radical (unpaired) electrons. The summed E-state index contributed by atoms with van der Waals surface area (Å²) in [7, 11) is 0. The van der Waals surface area contributed by atoms with E-state index >= 15 is 0 Å². The van der Waals surface area contributed by atoms with Gasteiger partial charge in [0, 0.05) is 23.9 Å². The fourth-order valence-corrected chi connectivity index (χ4v) is 1.97. The molecule has 1 rings (SSSR count). The SMILES string of the molecule is CSCC(C)NC(=O)c1ccc(CN)cc1.Cl. The van der Waals surface area contributed by atoms with Crippen molar-refractivity contribution in [1.82, 2.24) is 5.32 Å². The summed E-state index contributed by atoms with van der Waals surface area (Å²) >= 11 is 1.72. The highest BCUT2D eigenvalue weighted by atomic mass is 35.5. The van der Waals surface area contributed by atoms with Gasteiger partial charge < -0.3 is 11.1 Å². The largest absolute Gasteiger partial charge is 0.349 e. The smallest absolute Gasteiger partial charge is 0.251 e. The Labute approximate surface area is 113 Å². The molecule has 1 aromatic rings. The van der Waals surface area contributed by atoms with E-state index in [1.54, 1.807) is 11.8 Å². The molecule has 0 aromatic heterocycles. The monoisotopic (exact) mass is 274 g/mol. The van der Waals surface area contributed by atoms with E-state index in [1.165, 1.54) is 0 Å². The van der Waals surface area contributed by atoms with Crippen LogP contribution in [0.15, 0.2) is 24.3 Å². The molecule has 0 aliphatic heterocycles. The first-order valence-electron chi connectivity index (χ1n) is 5.26. The van der Waals surface area contributed by atoms with E-state index in [4.69, 9.17) is 5.73 Å². The van der Waals surface area contributed by atoms with Gasteiger partial charge in [0.1, 0.15) is 0 Å². The molecule has 96 valence electrons. The van der Waals surface area contributed by atoms with Crippen molar-refractivity contribution in [2.75, 3.05) is 12.0 Å². The molecule has 0 saturated carbocycles. The van der Waals surface area contributed by atoms with Crippen LogP contribution in [0.5, 0.6) is 0 Å². The number of rotatable bonds is 5. The summed E-state index contributed by atoms with van der Waals surface area (Å²) in [6.07, 6.45) is 2.03. The van der Waals surface area contributed by atoms with E-state index in [-0.39, 0.29) is 24.4 Å². The molecular formula is C12H19ClN2OS. The lowest BCUT2D eigenvalue weighted by Gasteiger charge is -2.12. The number of nitrogens with two attached hydrogens (primary N) is 1. The van der Waals surface area contributed by atoms with E-state index in [1.807, 2.05) is 37.4 Å². The number of carbonyl (C=O) groups is 1. The lowest BCUT2D eigenvalue weighted by atomic mass is 10.1. The highest BCUT2D eigenvalue weighted by molar-refractivity contribution is 7.98. The Morgan fingerprint density at radius 1 is 1.41 bits per heavy atom. The molecule has 0 saturated heterocycles. The number of nitrogens with one attached hydrogen (secondary N) is 1. The summed E-state index contributed by atoms with van der Waals surface area (Å²) in [5.41, 5.74) is 7.21. The van der Waals surface area contributed by atoms with Gasteiger partial charge in [0.25, 0.3) is 5.91 Å². The highest BCUT2D eigenvalue weighted by Gasteiger charge is 2.08. The third kappa shape index (κ3) is 5.44. The number of benzene rings is 1. The summed E-state index contributed by atoms with van der Waals surface area (Å²) < 4.78 is 0. The average molecular weight is 275 g/mol. The van der Waals surface area contributed by atoms with Gasteiger partial charge in [-0.05, 0) is 30.9 Å². The van der Waals surface area contributed by atoms with Crippen molar-refractivity contribution in [3.8, 4) is 0 Å². The normalized spacial score (nSPS) is 11.5. The molecule has 0 aliphatic carbocycles. The van der Waals surface area contributed by atoms with Crippen LogP contribution in [0.1, 0.15) is 22.8 Å². The van der Waals surface area contributed by atoms with Crippen LogP contribution in [-0.2, 0) is 6.54 Å². The Hall–Kier alpha value is -0.710. The zero-order valence-electron chi connectivity index (χ0n) is 10.1. The van der Waals surface area contributed by atoms with Crippen LogP contribution in [0.3, 0.4) is 0 Å². The summed E-state index contributed by atoms with van der Waals surface area (Å²) in [6.45, 7) is 2.51. The van der Waals surface area contributed by atoms with Crippen molar-refractivity contribution in [2.45, 2.75) is 19.5 Å². The molecular weight excluding hydrogens is 256 g/mol. The molecule has 17 heavy (non-hydrogen) atoms. The summed E-state index contributed by atoms with van der Waals surface area (Å²) in [4.78, 5) is 11.8. The van der Waals surface area contributed by atoms with Crippen LogP contribution in [0.4, 0.5) is 0 Å². The summed E-state index contributed by atoms with van der Waals surface area (Å²) in [6, 6.07) is 7.58. The number of amides is 1. The van der Waals surface area contributed by atoms with Crippen molar-refractivity contribution in [2.24, 2.45) is 5.73 Å². The van der Waals surface area contributed by atoms with Crippen LogP contribution < -0.4 is 11.1 Å². The Bertz CT molecular complexity index is 343. The van der Waals surface area contributed by atoms with E-state index in [9.17, 15) is 4.79 Å². The predicted molar refractivity (Wildman–Crippen MR) is 76.9 cm³/mol. The van der Waals surface area contributed by atoms with Crippen LogP contribution in [0.25, 0.3) is 0 Å². The van der Waals surface area contributed by atoms with E-state index in [0.717, 1.165) is 11.3 Å². The Balaban J connectivity index is 0.00000256. The number of carbonyl (C=O) groups excluding carboxylic acids is 1. The maximum absolute atomic E-state index is 11.8. The van der Waals surface area contributed by atoms with Crippen LogP contribution in [0, 0.1) is 0 Å². The Morgan fingerprint density at radius 2 is 2.00 bits per heavy atom. The Morgan fingerprint density at radius 3 is 2.47 bits per heavy atom. The van der Waals surface area contributed by atoms with Gasteiger partial charge in [0.15, 0.2) is 0 Å². The standard InChI is InChI=1S/C12H18N2OS.ClH/c1-9(8-16-2)14-12(15)11-5-3-10(7-13)4-6-11;/h3-6,9H,7-8,13H2,1-2H3,(H,14,15);1H. The second-order valence-corrected chi connectivity index (χ2v) is 4.64. The van der Waals surface area contributed by atoms with Crippen molar-refractivity contribution in [3.05, 3.63) is 35.4 Å². The fraction of sp³-hybridized carbons (Fsp3) is 0.417. The van der Waals surface area contributed by atoms with Gasteiger partial charge in [-0.1, -0.05) is 12.1 Å². The molecule has 3 N–H and O–H groups in total. The molecule has 0 bridgehead atoms. The second-order valence-electron chi connectivity index (χ2n) is 3.73. The number of thioether (sulfide) groups is 1. The van der Waals surface area contributed by atoms with Crippen molar-refractivity contribution in [3.63, 3.8) is 0 Å². The molecule has 0 heterocycles. The molecule has 0 aliphatic rings. The van der Waals surface area contributed by atoms with Crippen molar-refractivity contribution >= 4 is 30.1 Å². The molecule has 1 aromatic carbocycles. The zero-order valence-corrected chi connectivity index (χ0v) is 11.7. The van der Waals surface area contributed by atoms with Crippen molar-refractivity contribution in [1.29, 1.82) is 0 Å². The first kappa shape index (κ1) is 16.3. The maximum Gasteiger partial charge on any atom is 0.251 e. The van der Waals surface area contributed by atoms with E-state index in [2.05, 4.69) is 5.32 Å². The predicted octanol–water partition coefficient (Wildman–Crippen LogP) is 2.05. The maximum atomic E-state index is 11.8. The molecule has 0 spiro atoms. The molecule has 5 heteroatoms. The minimum atomic E-state index is -0.0230. The Kier molecular flexibility index (Phi) is 8.04. The van der Waals surface area contributed by atoms with E-state index < -0.39 is 0 Å². The number of hydrogen-bond acceptors (Lipinski definition) is 3. The summed E-state index contributed by atoms with van der Waals surface area (Å²) in [5, 5.41) is 2.94. The third-order valence-electron chi connectivity index (χ3n) is 2.25. The van der Waals surface area contributed by atoms with Gasteiger partial charge in [-0.15, -0.1) is 12.4 Å².